The van der Waals surface area contributed by atoms with Crippen molar-refractivity contribution in [2.24, 2.45) is 0 Å². The SMILES string of the molecule is COC(=O)c1c(OCc2cccs2)cc(=O)n2c1CCN(C(=O)C#Cc1ccccc1)CC2. The molecule has 2 aromatic heterocycles. The van der Waals surface area contributed by atoms with E-state index in [1.807, 2.05) is 47.8 Å². The minimum absolute atomic E-state index is 0.190. The van der Waals surface area contributed by atoms with Gasteiger partial charge in [-0.15, -0.1) is 11.3 Å². The summed E-state index contributed by atoms with van der Waals surface area (Å²) in [7, 11) is 1.29. The van der Waals surface area contributed by atoms with Crippen LogP contribution in [0.3, 0.4) is 0 Å². The van der Waals surface area contributed by atoms with Crippen molar-refractivity contribution < 1.29 is 19.1 Å². The molecule has 1 aromatic carbocycles. The first kappa shape index (κ1) is 22.4. The molecule has 3 heterocycles. The number of methoxy groups -OCH3 is 1. The summed E-state index contributed by atoms with van der Waals surface area (Å²) >= 11 is 1.52. The topological polar surface area (TPSA) is 77.8 Å². The summed E-state index contributed by atoms with van der Waals surface area (Å²) < 4.78 is 12.4. The molecular weight excluding hydrogens is 440 g/mol. The Kier molecular flexibility index (Phi) is 6.91. The van der Waals surface area contributed by atoms with Gasteiger partial charge in [-0.25, -0.2) is 4.79 Å². The fraction of sp³-hybridized carbons (Fsp3) is 0.240. The highest BCUT2D eigenvalue weighted by molar-refractivity contribution is 7.09. The third kappa shape index (κ3) is 5.16. The molecule has 0 atom stereocenters. The summed E-state index contributed by atoms with van der Waals surface area (Å²) in [5, 5.41) is 1.93. The number of ether oxygens (including phenoxy) is 2. The Labute approximate surface area is 195 Å². The Balaban J connectivity index is 1.59. The molecule has 8 heteroatoms. The standard InChI is InChI=1S/C25H22N2O5S/c1-31-25(30)24-20-11-12-26(22(28)10-9-18-6-3-2-4-7-18)13-14-27(20)23(29)16-21(24)32-17-19-8-5-15-33-19/h2-8,15-16H,11-14,17H2,1H3. The Morgan fingerprint density at radius 3 is 2.64 bits per heavy atom. The minimum atomic E-state index is -0.580. The molecule has 0 bridgehead atoms. The summed E-state index contributed by atoms with van der Waals surface area (Å²) in [4.78, 5) is 40.7. The summed E-state index contributed by atoms with van der Waals surface area (Å²) in [6.07, 6.45) is 0.300. The zero-order chi connectivity index (χ0) is 23.2. The van der Waals surface area contributed by atoms with Gasteiger partial charge in [0.25, 0.3) is 11.5 Å². The number of nitrogens with zero attached hydrogens (tertiary/aromatic N) is 2. The molecule has 0 aliphatic carbocycles. The maximum absolute atomic E-state index is 12.9. The van der Waals surface area contributed by atoms with Crippen LogP contribution in [0.15, 0.2) is 58.7 Å². The molecule has 0 radical (unpaired) electrons. The Bertz CT molecular complexity index is 1270. The fourth-order valence-electron chi connectivity index (χ4n) is 3.66. The van der Waals surface area contributed by atoms with E-state index in [1.165, 1.54) is 29.1 Å². The normalized spacial score (nSPS) is 12.7. The van der Waals surface area contributed by atoms with Crippen LogP contribution in [-0.4, -0.2) is 41.5 Å². The lowest BCUT2D eigenvalue weighted by atomic mass is 10.1. The number of fused-ring (bicyclic) bond motifs is 1. The molecule has 1 aliphatic heterocycles. The van der Waals surface area contributed by atoms with Gasteiger partial charge in [0, 0.05) is 54.2 Å². The monoisotopic (exact) mass is 462 g/mol. The molecule has 33 heavy (non-hydrogen) atoms. The first-order chi connectivity index (χ1) is 16.1. The van der Waals surface area contributed by atoms with Crippen LogP contribution in [-0.2, 0) is 29.1 Å². The number of thiophene rings is 1. The molecule has 0 spiro atoms. The van der Waals surface area contributed by atoms with Crippen LogP contribution < -0.4 is 10.3 Å². The number of carbonyl (C=O) groups excluding carboxylic acids is 2. The number of amides is 1. The highest BCUT2D eigenvalue weighted by Crippen LogP contribution is 2.25. The summed E-state index contributed by atoms with van der Waals surface area (Å²) in [5.74, 6) is 4.82. The van der Waals surface area contributed by atoms with E-state index in [1.54, 1.807) is 4.90 Å². The van der Waals surface area contributed by atoms with Crippen molar-refractivity contribution in [1.82, 2.24) is 9.47 Å². The van der Waals surface area contributed by atoms with Crippen molar-refractivity contribution in [3.63, 3.8) is 0 Å². The van der Waals surface area contributed by atoms with Crippen LogP contribution in [0.2, 0.25) is 0 Å². The maximum Gasteiger partial charge on any atom is 0.343 e. The van der Waals surface area contributed by atoms with E-state index in [2.05, 4.69) is 11.8 Å². The second-order valence-corrected chi connectivity index (χ2v) is 8.37. The van der Waals surface area contributed by atoms with Crippen molar-refractivity contribution in [2.75, 3.05) is 20.2 Å². The first-order valence-corrected chi connectivity index (χ1v) is 11.3. The predicted octanol–water partition coefficient (Wildman–Crippen LogP) is 2.71. The van der Waals surface area contributed by atoms with Crippen molar-refractivity contribution in [3.05, 3.63) is 86.0 Å². The summed E-state index contributed by atoms with van der Waals surface area (Å²) in [6.45, 7) is 1.12. The van der Waals surface area contributed by atoms with E-state index in [9.17, 15) is 14.4 Å². The van der Waals surface area contributed by atoms with Crippen LogP contribution in [0.25, 0.3) is 0 Å². The Morgan fingerprint density at radius 1 is 1.09 bits per heavy atom. The average Bonchev–Trinajstić information content (AvgIpc) is 3.26. The van der Waals surface area contributed by atoms with Gasteiger partial charge in [0.1, 0.15) is 17.9 Å². The molecule has 0 saturated heterocycles. The van der Waals surface area contributed by atoms with E-state index in [-0.39, 0.29) is 35.9 Å². The number of carbonyl (C=O) groups is 2. The number of pyridine rings is 1. The van der Waals surface area contributed by atoms with Gasteiger partial charge in [0.15, 0.2) is 0 Å². The van der Waals surface area contributed by atoms with Gasteiger partial charge in [-0.05, 0) is 23.6 Å². The molecule has 0 saturated carbocycles. The van der Waals surface area contributed by atoms with Gasteiger partial charge in [-0.3, -0.25) is 9.59 Å². The minimum Gasteiger partial charge on any atom is -0.487 e. The first-order valence-electron chi connectivity index (χ1n) is 10.4. The molecule has 0 fully saturated rings. The van der Waals surface area contributed by atoms with Crippen molar-refractivity contribution in [2.45, 2.75) is 19.6 Å². The number of esters is 1. The second kappa shape index (κ2) is 10.2. The number of benzene rings is 1. The number of hydrogen-bond donors (Lipinski definition) is 0. The van der Waals surface area contributed by atoms with E-state index < -0.39 is 5.97 Å². The van der Waals surface area contributed by atoms with E-state index in [4.69, 9.17) is 9.47 Å². The van der Waals surface area contributed by atoms with Gasteiger partial charge < -0.3 is 18.9 Å². The van der Waals surface area contributed by atoms with Crippen LogP contribution in [0.1, 0.15) is 26.5 Å². The number of aromatic nitrogens is 1. The molecule has 0 N–H and O–H groups in total. The zero-order valence-corrected chi connectivity index (χ0v) is 18.9. The van der Waals surface area contributed by atoms with Gasteiger partial charge >= 0.3 is 5.97 Å². The van der Waals surface area contributed by atoms with Crippen LogP contribution in [0, 0.1) is 11.8 Å². The molecule has 168 valence electrons. The van der Waals surface area contributed by atoms with E-state index in [0.29, 0.717) is 25.2 Å². The quantitative estimate of drug-likeness (QED) is 0.440. The molecule has 0 unspecified atom stereocenters. The Hall–Kier alpha value is -3.83. The third-order valence-corrected chi connectivity index (χ3v) is 6.16. The van der Waals surface area contributed by atoms with Gasteiger partial charge in [0.05, 0.1) is 7.11 Å². The molecule has 1 aliphatic rings. The van der Waals surface area contributed by atoms with E-state index in [0.717, 1.165) is 10.4 Å². The average molecular weight is 463 g/mol. The molecule has 3 aromatic rings. The molecular formula is C25H22N2O5S. The zero-order valence-electron chi connectivity index (χ0n) is 18.1. The number of rotatable bonds is 4. The number of hydrogen-bond acceptors (Lipinski definition) is 6. The van der Waals surface area contributed by atoms with Gasteiger partial charge in [0.2, 0.25) is 0 Å². The summed E-state index contributed by atoms with van der Waals surface area (Å²) in [6, 6.07) is 14.4. The third-order valence-electron chi connectivity index (χ3n) is 5.31. The van der Waals surface area contributed by atoms with Crippen molar-refractivity contribution in [1.29, 1.82) is 0 Å². The molecule has 4 rings (SSSR count). The molecule has 7 nitrogen and oxygen atoms in total. The lowest BCUT2D eigenvalue weighted by Gasteiger charge is -2.17. The highest BCUT2D eigenvalue weighted by atomic mass is 32.1. The van der Waals surface area contributed by atoms with E-state index >= 15 is 0 Å². The van der Waals surface area contributed by atoms with Gasteiger partial charge in [-0.1, -0.05) is 30.2 Å². The van der Waals surface area contributed by atoms with Crippen LogP contribution in [0.4, 0.5) is 0 Å². The second-order valence-electron chi connectivity index (χ2n) is 7.34. The van der Waals surface area contributed by atoms with Crippen LogP contribution in [0.5, 0.6) is 5.75 Å². The largest absolute Gasteiger partial charge is 0.487 e. The lowest BCUT2D eigenvalue weighted by Crippen LogP contribution is -2.33. The Morgan fingerprint density at radius 2 is 1.91 bits per heavy atom. The van der Waals surface area contributed by atoms with Crippen molar-refractivity contribution in [3.8, 4) is 17.6 Å². The van der Waals surface area contributed by atoms with Crippen molar-refractivity contribution >= 4 is 23.2 Å². The highest BCUT2D eigenvalue weighted by Gasteiger charge is 2.27. The van der Waals surface area contributed by atoms with Gasteiger partial charge in [-0.2, -0.15) is 0 Å². The summed E-state index contributed by atoms with van der Waals surface area (Å²) in [5.41, 5.74) is 1.18. The molecule has 1 amide bonds. The van der Waals surface area contributed by atoms with Crippen LogP contribution >= 0.6 is 11.3 Å². The fourth-order valence-corrected chi connectivity index (χ4v) is 4.27. The smallest absolute Gasteiger partial charge is 0.343 e. The lowest BCUT2D eigenvalue weighted by molar-refractivity contribution is -0.125. The predicted molar refractivity (Wildman–Crippen MR) is 124 cm³/mol. The maximum atomic E-state index is 12.9.